The third kappa shape index (κ3) is 2.78. The topological polar surface area (TPSA) is 81.8 Å². The lowest BCUT2D eigenvalue weighted by atomic mass is 10.2. The summed E-state index contributed by atoms with van der Waals surface area (Å²) in [5, 5.41) is 21.4. The molecule has 0 aliphatic rings. The van der Waals surface area contributed by atoms with E-state index in [0.717, 1.165) is 11.3 Å². The van der Waals surface area contributed by atoms with Gasteiger partial charge in [0.1, 0.15) is 16.8 Å². The number of nitriles is 1. The minimum Gasteiger partial charge on any atom is -0.392 e. The lowest BCUT2D eigenvalue weighted by Crippen LogP contribution is -1.96. The molecule has 0 radical (unpaired) electrons. The van der Waals surface area contributed by atoms with Crippen LogP contribution in [0.3, 0.4) is 0 Å². The van der Waals surface area contributed by atoms with Crippen molar-refractivity contribution in [3.05, 3.63) is 34.5 Å². The van der Waals surface area contributed by atoms with E-state index in [4.69, 9.17) is 10.4 Å². The zero-order chi connectivity index (χ0) is 12.3. The van der Waals surface area contributed by atoms with Gasteiger partial charge < -0.3 is 10.4 Å². The van der Waals surface area contributed by atoms with Crippen LogP contribution in [0.15, 0.2) is 18.3 Å². The minimum atomic E-state index is -0.0284. The fraction of sp³-hybridized carbons (Fsp3) is 0.182. The van der Waals surface area contributed by atoms with Crippen molar-refractivity contribution in [3.63, 3.8) is 0 Å². The van der Waals surface area contributed by atoms with Gasteiger partial charge in [-0.05, 0) is 24.6 Å². The molecule has 0 amide bonds. The number of rotatable bonds is 3. The summed E-state index contributed by atoms with van der Waals surface area (Å²) >= 11 is 1.26. The van der Waals surface area contributed by atoms with Crippen molar-refractivity contribution in [1.29, 1.82) is 5.26 Å². The van der Waals surface area contributed by atoms with E-state index in [1.54, 1.807) is 6.07 Å². The Kier molecular flexibility index (Phi) is 3.32. The Morgan fingerprint density at radius 2 is 2.35 bits per heavy atom. The van der Waals surface area contributed by atoms with Crippen LogP contribution < -0.4 is 5.32 Å². The maximum atomic E-state index is 9.08. The molecule has 2 aromatic heterocycles. The van der Waals surface area contributed by atoms with E-state index in [-0.39, 0.29) is 6.61 Å². The number of aryl methyl sites for hydroxylation is 1. The molecule has 2 rings (SSSR count). The van der Waals surface area contributed by atoms with Crippen LogP contribution in [0, 0.1) is 18.3 Å². The molecule has 0 aromatic carbocycles. The third-order valence-electron chi connectivity index (χ3n) is 2.05. The molecule has 2 aromatic rings. The summed E-state index contributed by atoms with van der Waals surface area (Å²) in [7, 11) is 0. The number of hydrogen-bond donors (Lipinski definition) is 2. The normalized spacial score (nSPS) is 9.94. The molecule has 0 fully saturated rings. The highest BCUT2D eigenvalue weighted by molar-refractivity contribution is 7.16. The Morgan fingerprint density at radius 1 is 1.53 bits per heavy atom. The van der Waals surface area contributed by atoms with Crippen LogP contribution in [0.2, 0.25) is 0 Å². The van der Waals surface area contributed by atoms with Gasteiger partial charge in [0.05, 0.1) is 12.8 Å². The highest BCUT2D eigenvalue weighted by Gasteiger charge is 2.04. The maximum Gasteiger partial charge on any atom is 0.189 e. The van der Waals surface area contributed by atoms with E-state index in [2.05, 4.69) is 15.3 Å². The quantitative estimate of drug-likeness (QED) is 0.865. The molecule has 0 saturated heterocycles. The van der Waals surface area contributed by atoms with Crippen molar-refractivity contribution in [2.24, 2.45) is 0 Å². The lowest BCUT2D eigenvalue weighted by Gasteiger charge is -2.05. The first-order valence-electron chi connectivity index (χ1n) is 4.92. The molecule has 86 valence electrons. The number of nitrogens with zero attached hydrogens (tertiary/aromatic N) is 3. The zero-order valence-corrected chi connectivity index (χ0v) is 9.95. The van der Waals surface area contributed by atoms with E-state index in [0.29, 0.717) is 15.8 Å². The summed E-state index contributed by atoms with van der Waals surface area (Å²) in [4.78, 5) is 8.87. The highest BCUT2D eigenvalue weighted by atomic mass is 32.1. The van der Waals surface area contributed by atoms with Crippen LogP contribution in [-0.4, -0.2) is 15.1 Å². The smallest absolute Gasteiger partial charge is 0.189 e. The predicted molar refractivity (Wildman–Crippen MR) is 65.0 cm³/mol. The second kappa shape index (κ2) is 4.91. The molecule has 17 heavy (non-hydrogen) atoms. The van der Waals surface area contributed by atoms with Crippen molar-refractivity contribution >= 4 is 22.3 Å². The van der Waals surface area contributed by atoms with Gasteiger partial charge in [0.2, 0.25) is 0 Å². The number of hydrogen-bond acceptors (Lipinski definition) is 6. The fourth-order valence-corrected chi connectivity index (χ4v) is 2.01. The van der Waals surface area contributed by atoms with Gasteiger partial charge in [-0.3, -0.25) is 0 Å². The van der Waals surface area contributed by atoms with Gasteiger partial charge in [0.15, 0.2) is 5.13 Å². The Morgan fingerprint density at radius 3 is 3.00 bits per heavy atom. The van der Waals surface area contributed by atoms with Gasteiger partial charge in [-0.15, -0.1) is 0 Å². The van der Waals surface area contributed by atoms with Crippen molar-refractivity contribution in [1.82, 2.24) is 9.97 Å². The van der Waals surface area contributed by atoms with Gasteiger partial charge in [0.25, 0.3) is 0 Å². The SMILES string of the molecule is Cc1cc(CO)cc(Nc2ncc(C#N)s2)n1. The minimum absolute atomic E-state index is 0.0284. The second-order valence-electron chi connectivity index (χ2n) is 3.43. The van der Waals surface area contributed by atoms with E-state index >= 15 is 0 Å². The molecule has 0 unspecified atom stereocenters. The van der Waals surface area contributed by atoms with Crippen LogP contribution in [0.1, 0.15) is 16.1 Å². The Labute approximate surface area is 102 Å². The first-order valence-corrected chi connectivity index (χ1v) is 5.74. The number of nitrogens with one attached hydrogen (secondary N) is 1. The summed E-state index contributed by atoms with van der Waals surface area (Å²) in [5.74, 6) is 0.618. The van der Waals surface area contributed by atoms with E-state index in [9.17, 15) is 0 Å². The molecule has 0 aliphatic heterocycles. The van der Waals surface area contributed by atoms with Crippen LogP contribution in [0.4, 0.5) is 10.9 Å². The molecule has 0 spiro atoms. The third-order valence-corrected chi connectivity index (χ3v) is 2.86. The number of aliphatic hydroxyl groups is 1. The monoisotopic (exact) mass is 246 g/mol. The predicted octanol–water partition coefficient (Wildman–Crippen LogP) is 1.95. The van der Waals surface area contributed by atoms with Gasteiger partial charge in [-0.2, -0.15) is 5.26 Å². The fourth-order valence-electron chi connectivity index (χ4n) is 1.39. The van der Waals surface area contributed by atoms with Crippen LogP contribution >= 0.6 is 11.3 Å². The molecule has 0 aliphatic carbocycles. The van der Waals surface area contributed by atoms with Crippen molar-refractivity contribution in [2.45, 2.75) is 13.5 Å². The van der Waals surface area contributed by atoms with Crippen molar-refractivity contribution < 1.29 is 5.11 Å². The molecule has 0 saturated carbocycles. The summed E-state index contributed by atoms with van der Waals surface area (Å²) in [6, 6.07) is 5.59. The first kappa shape index (κ1) is 11.5. The molecule has 2 N–H and O–H groups in total. The van der Waals surface area contributed by atoms with Gasteiger partial charge in [0, 0.05) is 5.69 Å². The standard InChI is InChI=1S/C11H10N4OS/c1-7-2-8(6-16)3-10(14-7)15-11-13-5-9(4-12)17-11/h2-3,5,16H,6H2,1H3,(H,13,14,15). The molecule has 0 bridgehead atoms. The molecule has 2 heterocycles. The van der Waals surface area contributed by atoms with E-state index in [1.807, 2.05) is 19.1 Å². The Balaban J connectivity index is 2.23. The average Bonchev–Trinajstić information content (AvgIpc) is 2.76. The van der Waals surface area contributed by atoms with Crippen LogP contribution in [0.25, 0.3) is 0 Å². The largest absolute Gasteiger partial charge is 0.392 e. The van der Waals surface area contributed by atoms with Crippen molar-refractivity contribution in [2.75, 3.05) is 5.32 Å². The van der Waals surface area contributed by atoms with Crippen LogP contribution in [-0.2, 0) is 6.61 Å². The van der Waals surface area contributed by atoms with Crippen molar-refractivity contribution in [3.8, 4) is 6.07 Å². The number of thiazole rings is 1. The lowest BCUT2D eigenvalue weighted by molar-refractivity contribution is 0.281. The maximum absolute atomic E-state index is 9.08. The number of aliphatic hydroxyl groups excluding tert-OH is 1. The molecule has 6 heteroatoms. The summed E-state index contributed by atoms with van der Waals surface area (Å²) in [5.41, 5.74) is 1.60. The zero-order valence-electron chi connectivity index (χ0n) is 9.14. The molecular weight excluding hydrogens is 236 g/mol. The van der Waals surface area contributed by atoms with E-state index < -0.39 is 0 Å². The van der Waals surface area contributed by atoms with Gasteiger partial charge in [-0.25, -0.2) is 9.97 Å². The van der Waals surface area contributed by atoms with Gasteiger partial charge >= 0.3 is 0 Å². The summed E-state index contributed by atoms with van der Waals surface area (Å²) in [6.07, 6.45) is 1.51. The number of anilines is 2. The Hall–Kier alpha value is -1.97. The number of pyridine rings is 1. The first-order chi connectivity index (χ1) is 8.21. The van der Waals surface area contributed by atoms with Crippen LogP contribution in [0.5, 0.6) is 0 Å². The molecule has 0 atom stereocenters. The van der Waals surface area contributed by atoms with Gasteiger partial charge in [-0.1, -0.05) is 11.3 Å². The van der Waals surface area contributed by atoms with E-state index in [1.165, 1.54) is 17.5 Å². The Bertz CT molecular complexity index is 573. The second-order valence-corrected chi connectivity index (χ2v) is 4.46. The molecular formula is C11H10N4OS. The highest BCUT2D eigenvalue weighted by Crippen LogP contribution is 2.21. The molecule has 5 nitrogen and oxygen atoms in total. The average molecular weight is 246 g/mol. The summed E-state index contributed by atoms with van der Waals surface area (Å²) in [6.45, 7) is 1.83. The summed E-state index contributed by atoms with van der Waals surface area (Å²) < 4.78 is 0. The number of aromatic nitrogens is 2.